The molecule has 1 aliphatic heterocycles. The van der Waals surface area contributed by atoms with Crippen molar-refractivity contribution in [3.63, 3.8) is 0 Å². The fourth-order valence-corrected chi connectivity index (χ4v) is 4.44. The molecule has 1 saturated heterocycles. The van der Waals surface area contributed by atoms with Crippen LogP contribution in [-0.2, 0) is 0 Å². The quantitative estimate of drug-likeness (QED) is 0.762. The molecule has 1 aliphatic rings. The van der Waals surface area contributed by atoms with Crippen molar-refractivity contribution in [2.45, 2.75) is 26.8 Å². The van der Waals surface area contributed by atoms with E-state index in [0.717, 1.165) is 58.6 Å². The van der Waals surface area contributed by atoms with Crippen LogP contribution < -0.4 is 10.5 Å². The zero-order valence-corrected chi connectivity index (χ0v) is 16.0. The third-order valence-corrected chi connectivity index (χ3v) is 6.25. The molecule has 7 nitrogen and oxygen atoms in total. The van der Waals surface area contributed by atoms with Crippen molar-refractivity contribution >= 4 is 27.5 Å². The van der Waals surface area contributed by atoms with Gasteiger partial charge in [-0.2, -0.15) is 0 Å². The second-order valence-corrected chi connectivity index (χ2v) is 7.87. The summed E-state index contributed by atoms with van der Waals surface area (Å²) in [6.45, 7) is 9.60. The lowest BCUT2D eigenvalue weighted by Crippen LogP contribution is -2.48. The number of H-pyrrole nitrogens is 1. The van der Waals surface area contributed by atoms with Gasteiger partial charge < -0.3 is 9.88 Å². The molecule has 0 spiro atoms. The van der Waals surface area contributed by atoms with Gasteiger partial charge in [-0.3, -0.25) is 9.69 Å². The van der Waals surface area contributed by atoms with Gasteiger partial charge in [0.15, 0.2) is 0 Å². The highest BCUT2D eigenvalue weighted by atomic mass is 32.1. The number of aromatic amines is 1. The van der Waals surface area contributed by atoms with Gasteiger partial charge in [-0.1, -0.05) is 0 Å². The van der Waals surface area contributed by atoms with Crippen LogP contribution in [0.1, 0.15) is 29.2 Å². The number of thiophene rings is 1. The summed E-state index contributed by atoms with van der Waals surface area (Å²) in [5.41, 5.74) is 1.00. The van der Waals surface area contributed by atoms with Gasteiger partial charge in [0.05, 0.1) is 11.4 Å². The highest BCUT2D eigenvalue weighted by molar-refractivity contribution is 7.18. The summed E-state index contributed by atoms with van der Waals surface area (Å²) < 4.78 is 0. The predicted molar refractivity (Wildman–Crippen MR) is 104 cm³/mol. The van der Waals surface area contributed by atoms with E-state index in [0.29, 0.717) is 0 Å². The zero-order chi connectivity index (χ0) is 18.3. The Labute approximate surface area is 155 Å². The van der Waals surface area contributed by atoms with Crippen LogP contribution in [0.4, 0.5) is 5.95 Å². The van der Waals surface area contributed by atoms with Gasteiger partial charge >= 0.3 is 0 Å². The number of fused-ring (bicyclic) bond motifs is 1. The molecule has 8 heteroatoms. The Hall–Kier alpha value is -2.32. The Morgan fingerprint density at radius 1 is 1.15 bits per heavy atom. The number of aromatic nitrogens is 4. The number of anilines is 1. The molecule has 4 heterocycles. The van der Waals surface area contributed by atoms with Gasteiger partial charge in [0.25, 0.3) is 5.56 Å². The van der Waals surface area contributed by atoms with Crippen LogP contribution >= 0.6 is 11.3 Å². The Morgan fingerprint density at radius 3 is 2.54 bits per heavy atom. The number of piperazine rings is 1. The summed E-state index contributed by atoms with van der Waals surface area (Å²) in [4.78, 5) is 35.5. The van der Waals surface area contributed by atoms with Crippen LogP contribution in [0.5, 0.6) is 0 Å². The molecule has 0 aromatic carbocycles. The van der Waals surface area contributed by atoms with Crippen LogP contribution in [0.15, 0.2) is 23.3 Å². The van der Waals surface area contributed by atoms with E-state index in [1.807, 2.05) is 19.9 Å². The number of hydrogen-bond acceptors (Lipinski definition) is 7. The topological polar surface area (TPSA) is 78.0 Å². The summed E-state index contributed by atoms with van der Waals surface area (Å²) in [5.74, 6) is 1.52. The molecule has 0 bridgehead atoms. The van der Waals surface area contributed by atoms with Gasteiger partial charge in [0, 0.05) is 43.4 Å². The molecule has 4 rings (SSSR count). The zero-order valence-electron chi connectivity index (χ0n) is 15.2. The van der Waals surface area contributed by atoms with Crippen LogP contribution in [-0.4, -0.2) is 51.0 Å². The fourth-order valence-electron chi connectivity index (χ4n) is 3.41. The Morgan fingerprint density at radius 2 is 1.85 bits per heavy atom. The SMILES string of the molecule is Cc1sc2nc(C(C)N3CCN(c4ncccn4)CC3)[nH]c(=O)c2c1C. The minimum absolute atomic E-state index is 0.0324. The summed E-state index contributed by atoms with van der Waals surface area (Å²) in [5, 5.41) is 0.731. The third kappa shape index (κ3) is 2.99. The lowest BCUT2D eigenvalue weighted by Gasteiger charge is -2.37. The molecule has 1 N–H and O–H groups in total. The van der Waals surface area contributed by atoms with E-state index in [1.54, 1.807) is 23.7 Å². The Balaban J connectivity index is 1.53. The van der Waals surface area contributed by atoms with Gasteiger partial charge in [-0.25, -0.2) is 15.0 Å². The molecule has 0 amide bonds. The average Bonchev–Trinajstić information content (AvgIpc) is 2.96. The standard InChI is InChI=1S/C18H22N6OS/c1-11-13(3)26-17-14(11)16(25)21-15(22-17)12(2)23-7-9-24(10-8-23)18-19-5-4-6-20-18/h4-6,12H,7-10H2,1-3H3,(H,21,22,25). The van der Waals surface area contributed by atoms with Crippen LogP contribution in [0, 0.1) is 13.8 Å². The molecule has 136 valence electrons. The maximum Gasteiger partial charge on any atom is 0.259 e. The lowest BCUT2D eigenvalue weighted by molar-refractivity contribution is 0.191. The van der Waals surface area contributed by atoms with E-state index < -0.39 is 0 Å². The van der Waals surface area contributed by atoms with E-state index in [2.05, 4.69) is 31.7 Å². The van der Waals surface area contributed by atoms with Gasteiger partial charge in [-0.15, -0.1) is 11.3 Å². The normalized spacial score (nSPS) is 17.0. The highest BCUT2D eigenvalue weighted by Gasteiger charge is 2.25. The molecule has 0 saturated carbocycles. The van der Waals surface area contributed by atoms with E-state index in [1.165, 1.54) is 0 Å². The largest absolute Gasteiger partial charge is 0.338 e. The van der Waals surface area contributed by atoms with E-state index in [9.17, 15) is 4.79 Å². The van der Waals surface area contributed by atoms with Gasteiger partial charge in [0.2, 0.25) is 5.95 Å². The molecular weight excluding hydrogens is 348 g/mol. The van der Waals surface area contributed by atoms with Crippen molar-refractivity contribution in [3.05, 3.63) is 45.1 Å². The number of hydrogen-bond donors (Lipinski definition) is 1. The predicted octanol–water partition coefficient (Wildman–Crippen LogP) is 2.27. The molecule has 0 aliphatic carbocycles. The van der Waals surface area contributed by atoms with Crippen LogP contribution in [0.3, 0.4) is 0 Å². The Kier molecular flexibility index (Phi) is 4.46. The van der Waals surface area contributed by atoms with Crippen molar-refractivity contribution in [2.75, 3.05) is 31.1 Å². The first kappa shape index (κ1) is 17.1. The van der Waals surface area contributed by atoms with E-state index in [-0.39, 0.29) is 11.6 Å². The minimum atomic E-state index is -0.0324. The number of nitrogens with one attached hydrogen (secondary N) is 1. The molecular formula is C18H22N6OS. The van der Waals surface area contributed by atoms with Crippen molar-refractivity contribution in [1.82, 2.24) is 24.8 Å². The smallest absolute Gasteiger partial charge is 0.259 e. The molecule has 3 aromatic heterocycles. The first-order chi connectivity index (χ1) is 12.5. The van der Waals surface area contributed by atoms with Gasteiger partial charge in [0.1, 0.15) is 10.7 Å². The summed E-state index contributed by atoms with van der Waals surface area (Å²) >= 11 is 1.59. The molecule has 26 heavy (non-hydrogen) atoms. The first-order valence-electron chi connectivity index (χ1n) is 8.80. The van der Waals surface area contributed by atoms with Crippen molar-refractivity contribution in [3.8, 4) is 0 Å². The molecule has 1 unspecified atom stereocenters. The van der Waals surface area contributed by atoms with Crippen LogP contribution in [0.2, 0.25) is 0 Å². The molecule has 1 fully saturated rings. The molecule has 3 aromatic rings. The highest BCUT2D eigenvalue weighted by Crippen LogP contribution is 2.27. The number of aryl methyl sites for hydroxylation is 2. The third-order valence-electron chi connectivity index (χ3n) is 5.15. The van der Waals surface area contributed by atoms with E-state index in [4.69, 9.17) is 4.98 Å². The molecule has 1 atom stereocenters. The Bertz CT molecular complexity index is 975. The molecule has 0 radical (unpaired) electrons. The lowest BCUT2D eigenvalue weighted by atomic mass is 10.2. The first-order valence-corrected chi connectivity index (χ1v) is 9.62. The summed E-state index contributed by atoms with van der Waals surface area (Å²) in [6, 6.07) is 1.89. The monoisotopic (exact) mass is 370 g/mol. The fraction of sp³-hybridized carbons (Fsp3) is 0.444. The summed E-state index contributed by atoms with van der Waals surface area (Å²) in [6.07, 6.45) is 3.54. The maximum absolute atomic E-state index is 12.5. The summed E-state index contributed by atoms with van der Waals surface area (Å²) in [7, 11) is 0. The van der Waals surface area contributed by atoms with Crippen LogP contribution in [0.25, 0.3) is 10.2 Å². The van der Waals surface area contributed by atoms with Crippen molar-refractivity contribution in [1.29, 1.82) is 0 Å². The number of nitrogens with zero attached hydrogens (tertiary/aromatic N) is 5. The second kappa shape index (κ2) is 6.77. The van der Waals surface area contributed by atoms with Crippen molar-refractivity contribution < 1.29 is 0 Å². The van der Waals surface area contributed by atoms with Gasteiger partial charge in [-0.05, 0) is 32.4 Å². The maximum atomic E-state index is 12.5. The number of rotatable bonds is 3. The van der Waals surface area contributed by atoms with Crippen molar-refractivity contribution in [2.24, 2.45) is 0 Å². The average molecular weight is 370 g/mol. The van der Waals surface area contributed by atoms with E-state index >= 15 is 0 Å². The minimum Gasteiger partial charge on any atom is -0.338 e. The second-order valence-electron chi connectivity index (χ2n) is 6.66.